The number of furan rings is 1. The molecular formula is C17H23NO2. The van der Waals surface area contributed by atoms with Gasteiger partial charge in [-0.3, -0.25) is 0 Å². The van der Waals surface area contributed by atoms with Gasteiger partial charge in [-0.25, -0.2) is 0 Å². The Balaban J connectivity index is 1.70. The number of hydrogen-bond acceptors (Lipinski definition) is 3. The van der Waals surface area contributed by atoms with Crippen molar-refractivity contribution in [3.05, 3.63) is 36.1 Å². The minimum Gasteiger partial charge on any atom is -0.459 e. The lowest BCUT2D eigenvalue weighted by molar-refractivity contribution is -0.0436. The maximum absolute atomic E-state index is 5.93. The zero-order valence-electron chi connectivity index (χ0n) is 12.4. The van der Waals surface area contributed by atoms with Gasteiger partial charge in [0.15, 0.2) is 0 Å². The Morgan fingerprint density at radius 2 is 1.85 bits per heavy atom. The molecule has 0 aliphatic carbocycles. The smallest absolute Gasteiger partial charge is 0.134 e. The van der Waals surface area contributed by atoms with Crippen molar-refractivity contribution < 1.29 is 9.15 Å². The molecule has 1 saturated heterocycles. The van der Waals surface area contributed by atoms with Gasteiger partial charge in [0.1, 0.15) is 11.3 Å². The molecule has 3 unspecified atom stereocenters. The summed E-state index contributed by atoms with van der Waals surface area (Å²) in [6.45, 7) is 6.47. The molecule has 3 rings (SSSR count). The largest absolute Gasteiger partial charge is 0.459 e. The fourth-order valence-corrected chi connectivity index (χ4v) is 3.19. The molecule has 1 aliphatic heterocycles. The molecule has 2 heterocycles. The van der Waals surface area contributed by atoms with Crippen molar-refractivity contribution in [3.63, 3.8) is 0 Å². The molecule has 1 fully saturated rings. The van der Waals surface area contributed by atoms with Crippen LogP contribution in [0, 0.1) is 0 Å². The maximum Gasteiger partial charge on any atom is 0.134 e. The van der Waals surface area contributed by atoms with Crippen molar-refractivity contribution in [2.45, 2.75) is 57.9 Å². The van der Waals surface area contributed by atoms with E-state index in [4.69, 9.17) is 9.15 Å². The monoisotopic (exact) mass is 273 g/mol. The molecule has 0 bridgehead atoms. The minimum absolute atomic E-state index is 0.227. The van der Waals surface area contributed by atoms with Crippen LogP contribution in [0.4, 0.5) is 0 Å². The lowest BCUT2D eigenvalue weighted by Gasteiger charge is -2.34. The SMILES string of the molecule is CC1CC(NC(C)c2cc3ccccc3o2)CC(C)O1. The molecule has 20 heavy (non-hydrogen) atoms. The molecule has 1 aromatic heterocycles. The van der Waals surface area contributed by atoms with E-state index in [2.05, 4.69) is 38.2 Å². The molecule has 2 aromatic rings. The molecule has 0 amide bonds. The van der Waals surface area contributed by atoms with E-state index < -0.39 is 0 Å². The first-order valence-electron chi connectivity index (χ1n) is 7.52. The number of rotatable bonds is 3. The Bertz CT molecular complexity index is 534. The highest BCUT2D eigenvalue weighted by atomic mass is 16.5. The Morgan fingerprint density at radius 3 is 2.55 bits per heavy atom. The molecule has 3 nitrogen and oxygen atoms in total. The highest BCUT2D eigenvalue weighted by Crippen LogP contribution is 2.26. The fraction of sp³-hybridized carbons (Fsp3) is 0.529. The molecule has 3 heteroatoms. The number of nitrogens with one attached hydrogen (secondary N) is 1. The first-order valence-corrected chi connectivity index (χ1v) is 7.52. The van der Waals surface area contributed by atoms with E-state index in [0.29, 0.717) is 18.2 Å². The Morgan fingerprint density at radius 1 is 1.15 bits per heavy atom. The van der Waals surface area contributed by atoms with E-state index in [-0.39, 0.29) is 6.04 Å². The van der Waals surface area contributed by atoms with Gasteiger partial charge < -0.3 is 14.5 Å². The van der Waals surface area contributed by atoms with Crippen LogP contribution in [0.3, 0.4) is 0 Å². The number of hydrogen-bond donors (Lipinski definition) is 1. The molecule has 108 valence electrons. The normalized spacial score (nSPS) is 28.6. The van der Waals surface area contributed by atoms with Crippen LogP contribution < -0.4 is 5.32 Å². The highest BCUT2D eigenvalue weighted by molar-refractivity contribution is 5.77. The second kappa shape index (κ2) is 5.58. The lowest BCUT2D eigenvalue weighted by atomic mass is 9.99. The highest BCUT2D eigenvalue weighted by Gasteiger charge is 2.26. The fourth-order valence-electron chi connectivity index (χ4n) is 3.19. The van der Waals surface area contributed by atoms with Gasteiger partial charge >= 0.3 is 0 Å². The van der Waals surface area contributed by atoms with Gasteiger partial charge in [-0.05, 0) is 45.7 Å². The molecule has 3 atom stereocenters. The summed E-state index contributed by atoms with van der Waals surface area (Å²) in [6.07, 6.45) is 2.79. The Labute approximate surface area is 120 Å². The number of para-hydroxylation sites is 1. The number of fused-ring (bicyclic) bond motifs is 1. The second-order valence-corrected chi connectivity index (χ2v) is 6.00. The summed E-state index contributed by atoms with van der Waals surface area (Å²) in [4.78, 5) is 0. The second-order valence-electron chi connectivity index (χ2n) is 6.00. The van der Waals surface area contributed by atoms with E-state index in [1.165, 1.54) is 5.39 Å². The zero-order valence-corrected chi connectivity index (χ0v) is 12.4. The van der Waals surface area contributed by atoms with E-state index in [9.17, 15) is 0 Å². The van der Waals surface area contributed by atoms with Crippen LogP contribution in [0.25, 0.3) is 11.0 Å². The quantitative estimate of drug-likeness (QED) is 0.916. The van der Waals surface area contributed by atoms with E-state index >= 15 is 0 Å². The van der Waals surface area contributed by atoms with Crippen molar-refractivity contribution in [2.75, 3.05) is 0 Å². The third kappa shape index (κ3) is 2.89. The molecule has 1 N–H and O–H groups in total. The van der Waals surface area contributed by atoms with Crippen molar-refractivity contribution in [3.8, 4) is 0 Å². The van der Waals surface area contributed by atoms with Crippen LogP contribution >= 0.6 is 0 Å². The van der Waals surface area contributed by atoms with Gasteiger partial charge in [-0.2, -0.15) is 0 Å². The third-order valence-electron chi connectivity index (χ3n) is 4.05. The zero-order chi connectivity index (χ0) is 14.1. The standard InChI is InChI=1S/C17H23NO2/c1-11-8-15(9-12(2)19-11)18-13(3)17-10-14-6-4-5-7-16(14)20-17/h4-7,10-13,15,18H,8-9H2,1-3H3. The summed E-state index contributed by atoms with van der Waals surface area (Å²) >= 11 is 0. The van der Waals surface area contributed by atoms with Crippen LogP contribution in [0.2, 0.25) is 0 Å². The molecule has 1 aliphatic rings. The van der Waals surface area contributed by atoms with Gasteiger partial charge in [-0.1, -0.05) is 18.2 Å². The molecule has 0 saturated carbocycles. The Hall–Kier alpha value is -1.32. The minimum atomic E-state index is 0.227. The van der Waals surface area contributed by atoms with Crippen LogP contribution in [0.5, 0.6) is 0 Å². The molecule has 0 radical (unpaired) electrons. The molecule has 0 spiro atoms. The van der Waals surface area contributed by atoms with Crippen molar-refractivity contribution in [1.29, 1.82) is 0 Å². The van der Waals surface area contributed by atoms with Crippen molar-refractivity contribution in [1.82, 2.24) is 5.32 Å². The molecule has 1 aromatic carbocycles. The lowest BCUT2D eigenvalue weighted by Crippen LogP contribution is -2.42. The van der Waals surface area contributed by atoms with Gasteiger partial charge in [0, 0.05) is 11.4 Å². The Kier molecular flexibility index (Phi) is 3.81. The molecular weight excluding hydrogens is 250 g/mol. The first kappa shape index (κ1) is 13.7. The average molecular weight is 273 g/mol. The summed E-state index contributed by atoms with van der Waals surface area (Å²) in [7, 11) is 0. The number of benzene rings is 1. The van der Waals surface area contributed by atoms with Crippen LogP contribution in [-0.4, -0.2) is 18.2 Å². The van der Waals surface area contributed by atoms with Crippen molar-refractivity contribution in [2.24, 2.45) is 0 Å². The topological polar surface area (TPSA) is 34.4 Å². The number of ether oxygens (including phenoxy) is 1. The van der Waals surface area contributed by atoms with Crippen LogP contribution in [-0.2, 0) is 4.74 Å². The van der Waals surface area contributed by atoms with Gasteiger partial charge in [0.2, 0.25) is 0 Å². The average Bonchev–Trinajstić information content (AvgIpc) is 2.81. The van der Waals surface area contributed by atoms with Gasteiger partial charge in [0.25, 0.3) is 0 Å². The van der Waals surface area contributed by atoms with Gasteiger partial charge in [0.05, 0.1) is 18.2 Å². The summed E-state index contributed by atoms with van der Waals surface area (Å²) in [5, 5.41) is 4.85. The van der Waals surface area contributed by atoms with E-state index in [1.54, 1.807) is 0 Å². The summed E-state index contributed by atoms with van der Waals surface area (Å²) in [6, 6.07) is 11.0. The predicted molar refractivity (Wildman–Crippen MR) is 80.8 cm³/mol. The van der Waals surface area contributed by atoms with Crippen LogP contribution in [0.15, 0.2) is 34.7 Å². The first-order chi connectivity index (χ1) is 9.61. The summed E-state index contributed by atoms with van der Waals surface area (Å²) in [5.41, 5.74) is 0.963. The summed E-state index contributed by atoms with van der Waals surface area (Å²) in [5.74, 6) is 1.01. The maximum atomic E-state index is 5.93. The van der Waals surface area contributed by atoms with Gasteiger partial charge in [-0.15, -0.1) is 0 Å². The summed E-state index contributed by atoms with van der Waals surface area (Å²) < 4.78 is 11.7. The van der Waals surface area contributed by atoms with E-state index in [1.807, 2.05) is 18.2 Å². The van der Waals surface area contributed by atoms with E-state index in [0.717, 1.165) is 24.2 Å². The van der Waals surface area contributed by atoms with Crippen molar-refractivity contribution >= 4 is 11.0 Å². The predicted octanol–water partition coefficient (Wildman–Crippen LogP) is 4.04. The van der Waals surface area contributed by atoms with Crippen LogP contribution in [0.1, 0.15) is 45.4 Å². The third-order valence-corrected chi connectivity index (χ3v) is 4.05.